The van der Waals surface area contributed by atoms with E-state index in [0.29, 0.717) is 29.7 Å². The Morgan fingerprint density at radius 2 is 2.04 bits per heavy atom. The minimum Gasteiger partial charge on any atom is -0.493 e. The number of rotatable bonds is 6. The first-order valence-electron chi connectivity index (χ1n) is 8.88. The molecule has 0 atom stereocenters. The van der Waals surface area contributed by atoms with Crippen molar-refractivity contribution in [3.05, 3.63) is 36.0 Å². The van der Waals surface area contributed by atoms with Crippen molar-refractivity contribution in [1.82, 2.24) is 9.78 Å². The van der Waals surface area contributed by atoms with Gasteiger partial charge in [-0.25, -0.2) is 4.68 Å². The first kappa shape index (κ1) is 17.3. The maximum Gasteiger partial charge on any atom is 0.256 e. The Hall–Kier alpha value is -2.50. The smallest absolute Gasteiger partial charge is 0.256 e. The summed E-state index contributed by atoms with van der Waals surface area (Å²) in [7, 11) is 1.57. The molecular weight excluding hydrogens is 318 g/mol. The van der Waals surface area contributed by atoms with Crippen LogP contribution in [0.3, 0.4) is 0 Å². The highest BCUT2D eigenvalue weighted by Crippen LogP contribution is 2.31. The standard InChI is InChI=1S/C19H25N3O3/c1-3-25-16-10-9-14(13-17(16)24-2)19(23)21-18-11-12-20-22(18)15-7-5-4-6-8-15/h9-13,15H,3-8H2,1-2H3,(H,21,23). The van der Waals surface area contributed by atoms with E-state index in [4.69, 9.17) is 9.47 Å². The van der Waals surface area contributed by atoms with Crippen LogP contribution >= 0.6 is 0 Å². The van der Waals surface area contributed by atoms with E-state index < -0.39 is 0 Å². The van der Waals surface area contributed by atoms with Crippen LogP contribution in [0.15, 0.2) is 30.5 Å². The molecule has 2 aromatic rings. The number of hydrogen-bond acceptors (Lipinski definition) is 4. The van der Waals surface area contributed by atoms with Crippen LogP contribution in [0.4, 0.5) is 5.82 Å². The predicted molar refractivity (Wildman–Crippen MR) is 96.5 cm³/mol. The highest BCUT2D eigenvalue weighted by molar-refractivity contribution is 6.04. The maximum atomic E-state index is 12.6. The molecule has 25 heavy (non-hydrogen) atoms. The number of ether oxygens (including phenoxy) is 2. The summed E-state index contributed by atoms with van der Waals surface area (Å²) in [6.07, 6.45) is 7.68. The van der Waals surface area contributed by atoms with Crippen molar-refractivity contribution in [2.75, 3.05) is 19.0 Å². The molecule has 0 spiro atoms. The summed E-state index contributed by atoms with van der Waals surface area (Å²) in [5.41, 5.74) is 0.525. The van der Waals surface area contributed by atoms with Crippen LogP contribution in [0.25, 0.3) is 0 Å². The van der Waals surface area contributed by atoms with Crippen LogP contribution in [-0.2, 0) is 0 Å². The van der Waals surface area contributed by atoms with E-state index in [1.54, 1.807) is 31.5 Å². The topological polar surface area (TPSA) is 65.4 Å². The zero-order valence-corrected chi connectivity index (χ0v) is 14.8. The summed E-state index contributed by atoms with van der Waals surface area (Å²) in [5.74, 6) is 1.74. The number of hydrogen-bond donors (Lipinski definition) is 1. The number of benzene rings is 1. The fourth-order valence-corrected chi connectivity index (χ4v) is 3.30. The zero-order chi connectivity index (χ0) is 17.6. The molecule has 0 aliphatic heterocycles. The minimum absolute atomic E-state index is 0.182. The Kier molecular flexibility index (Phi) is 5.58. The maximum absolute atomic E-state index is 12.6. The second-order valence-corrected chi connectivity index (χ2v) is 6.21. The minimum atomic E-state index is -0.182. The average Bonchev–Trinajstić information content (AvgIpc) is 3.11. The molecule has 1 saturated carbocycles. The Labute approximate surface area is 148 Å². The number of carbonyl (C=O) groups is 1. The van der Waals surface area contributed by atoms with Crippen molar-refractivity contribution in [2.45, 2.75) is 45.1 Å². The van der Waals surface area contributed by atoms with Crippen LogP contribution in [-0.4, -0.2) is 29.4 Å². The lowest BCUT2D eigenvalue weighted by Gasteiger charge is -2.24. The van der Waals surface area contributed by atoms with Crippen LogP contribution in [0.1, 0.15) is 55.4 Å². The third-order valence-electron chi connectivity index (χ3n) is 4.56. The molecule has 1 amide bonds. The summed E-state index contributed by atoms with van der Waals surface area (Å²) in [6.45, 7) is 2.45. The number of carbonyl (C=O) groups excluding carboxylic acids is 1. The van der Waals surface area contributed by atoms with Gasteiger partial charge in [0.2, 0.25) is 0 Å². The van der Waals surface area contributed by atoms with Gasteiger partial charge in [-0.2, -0.15) is 5.10 Å². The zero-order valence-electron chi connectivity index (χ0n) is 14.8. The molecular formula is C19H25N3O3. The van der Waals surface area contributed by atoms with Gasteiger partial charge in [0.15, 0.2) is 11.5 Å². The molecule has 1 fully saturated rings. The molecule has 134 valence electrons. The molecule has 3 rings (SSSR count). The van der Waals surface area contributed by atoms with Crippen LogP contribution in [0.2, 0.25) is 0 Å². The largest absolute Gasteiger partial charge is 0.493 e. The van der Waals surface area contributed by atoms with Gasteiger partial charge in [-0.15, -0.1) is 0 Å². The van der Waals surface area contributed by atoms with Crippen LogP contribution in [0.5, 0.6) is 11.5 Å². The quantitative estimate of drug-likeness (QED) is 0.859. The van der Waals surface area contributed by atoms with Crippen molar-refractivity contribution in [3.8, 4) is 11.5 Å². The third kappa shape index (κ3) is 3.95. The second-order valence-electron chi connectivity index (χ2n) is 6.21. The van der Waals surface area contributed by atoms with Gasteiger partial charge in [0.25, 0.3) is 5.91 Å². The molecule has 0 unspecified atom stereocenters. The Balaban J connectivity index is 1.75. The van der Waals surface area contributed by atoms with Gasteiger partial charge in [0.1, 0.15) is 5.82 Å². The number of aromatic nitrogens is 2. The molecule has 0 bridgehead atoms. The SMILES string of the molecule is CCOc1ccc(C(=O)Nc2ccnn2C2CCCCC2)cc1OC. The van der Waals surface area contributed by atoms with Gasteiger partial charge in [-0.1, -0.05) is 19.3 Å². The lowest BCUT2D eigenvalue weighted by molar-refractivity contribution is 0.102. The fraction of sp³-hybridized carbons (Fsp3) is 0.474. The molecule has 6 heteroatoms. The van der Waals surface area contributed by atoms with Crippen molar-refractivity contribution >= 4 is 11.7 Å². The van der Waals surface area contributed by atoms with E-state index in [1.807, 2.05) is 17.7 Å². The van der Waals surface area contributed by atoms with Gasteiger partial charge in [-0.3, -0.25) is 4.79 Å². The molecule has 1 N–H and O–H groups in total. The average molecular weight is 343 g/mol. The molecule has 0 saturated heterocycles. The summed E-state index contributed by atoms with van der Waals surface area (Å²) in [5, 5.41) is 7.39. The van der Waals surface area contributed by atoms with E-state index in [1.165, 1.54) is 19.3 Å². The van der Waals surface area contributed by atoms with Gasteiger partial charge in [0, 0.05) is 11.6 Å². The molecule has 6 nitrogen and oxygen atoms in total. The summed E-state index contributed by atoms with van der Waals surface area (Å²) in [4.78, 5) is 12.6. The Morgan fingerprint density at radius 1 is 1.24 bits per heavy atom. The highest BCUT2D eigenvalue weighted by Gasteiger charge is 2.20. The number of methoxy groups -OCH3 is 1. The van der Waals surface area contributed by atoms with Gasteiger partial charge in [0.05, 0.1) is 26.0 Å². The molecule has 1 aliphatic rings. The lowest BCUT2D eigenvalue weighted by Crippen LogP contribution is -2.20. The Morgan fingerprint density at radius 3 is 2.76 bits per heavy atom. The van der Waals surface area contributed by atoms with Gasteiger partial charge < -0.3 is 14.8 Å². The van der Waals surface area contributed by atoms with E-state index in [9.17, 15) is 4.79 Å². The van der Waals surface area contributed by atoms with E-state index >= 15 is 0 Å². The van der Waals surface area contributed by atoms with Crippen molar-refractivity contribution in [2.24, 2.45) is 0 Å². The fourth-order valence-electron chi connectivity index (χ4n) is 3.30. The lowest BCUT2D eigenvalue weighted by atomic mass is 9.96. The number of nitrogens with one attached hydrogen (secondary N) is 1. The third-order valence-corrected chi connectivity index (χ3v) is 4.56. The normalized spacial score (nSPS) is 15.0. The summed E-state index contributed by atoms with van der Waals surface area (Å²) >= 11 is 0. The van der Waals surface area contributed by atoms with Crippen molar-refractivity contribution in [1.29, 1.82) is 0 Å². The van der Waals surface area contributed by atoms with Gasteiger partial charge >= 0.3 is 0 Å². The van der Waals surface area contributed by atoms with E-state index in [0.717, 1.165) is 18.7 Å². The first-order valence-corrected chi connectivity index (χ1v) is 8.88. The number of nitrogens with zero attached hydrogens (tertiary/aromatic N) is 2. The second kappa shape index (κ2) is 8.05. The summed E-state index contributed by atoms with van der Waals surface area (Å²) < 4.78 is 12.8. The Bertz CT molecular complexity index is 720. The number of amides is 1. The van der Waals surface area contributed by atoms with Crippen LogP contribution in [0, 0.1) is 0 Å². The number of anilines is 1. The van der Waals surface area contributed by atoms with E-state index in [-0.39, 0.29) is 5.91 Å². The van der Waals surface area contributed by atoms with E-state index in [2.05, 4.69) is 10.4 Å². The molecule has 0 radical (unpaired) electrons. The monoisotopic (exact) mass is 343 g/mol. The first-order chi connectivity index (χ1) is 12.2. The van der Waals surface area contributed by atoms with Crippen molar-refractivity contribution < 1.29 is 14.3 Å². The molecule has 1 aromatic carbocycles. The molecule has 1 heterocycles. The van der Waals surface area contributed by atoms with Gasteiger partial charge in [-0.05, 0) is 38.0 Å². The molecule has 1 aromatic heterocycles. The van der Waals surface area contributed by atoms with Crippen LogP contribution < -0.4 is 14.8 Å². The molecule has 1 aliphatic carbocycles. The highest BCUT2D eigenvalue weighted by atomic mass is 16.5. The van der Waals surface area contributed by atoms with Crippen molar-refractivity contribution in [3.63, 3.8) is 0 Å². The predicted octanol–water partition coefficient (Wildman–Crippen LogP) is 4.05. The summed E-state index contributed by atoms with van der Waals surface area (Å²) in [6, 6.07) is 7.41.